The third-order valence-corrected chi connectivity index (χ3v) is 15.5. The molecule has 5 rings (SSSR count). The number of primary amides is 7. The molecule has 5 heterocycles. The number of aliphatic imine (C=N–C) groups is 3. The van der Waals surface area contributed by atoms with Crippen LogP contribution in [0, 0.1) is 45.3 Å². The molecular formula is C45H67N11O7. The first-order chi connectivity index (χ1) is 29.0. The summed E-state index contributed by atoms with van der Waals surface area (Å²) in [5, 5.41) is 3.65. The van der Waals surface area contributed by atoms with Gasteiger partial charge in [-0.25, -0.2) is 0 Å². The predicted molar refractivity (Wildman–Crippen MR) is 238 cm³/mol. The molecule has 5 aliphatic rings. The number of hydrogen-bond acceptors (Lipinski definition) is 11. The first kappa shape index (κ1) is 48.4. The molecule has 0 spiro atoms. The van der Waals surface area contributed by atoms with Crippen molar-refractivity contribution < 1.29 is 33.6 Å². The lowest BCUT2D eigenvalue weighted by Gasteiger charge is -2.48. The summed E-state index contributed by atoms with van der Waals surface area (Å²) in [4.78, 5) is 106. The Bertz CT molecular complexity index is 2220. The van der Waals surface area contributed by atoms with Gasteiger partial charge in [0.05, 0.1) is 11.6 Å². The number of amides is 7. The lowest BCUT2D eigenvalue weighted by atomic mass is 9.55. The fourth-order valence-corrected chi connectivity index (χ4v) is 11.9. The Morgan fingerprint density at radius 2 is 1.16 bits per heavy atom. The number of nitrogens with two attached hydrogens (primary N) is 7. The van der Waals surface area contributed by atoms with Gasteiger partial charge in [-0.2, -0.15) is 0 Å². The van der Waals surface area contributed by atoms with Crippen LogP contribution in [0.3, 0.4) is 0 Å². The highest BCUT2D eigenvalue weighted by Gasteiger charge is 2.66. The zero-order valence-corrected chi connectivity index (χ0v) is 38.0. The Hall–Kier alpha value is -5.68. The van der Waals surface area contributed by atoms with E-state index < -0.39 is 98.3 Å². The quantitative estimate of drug-likeness (QED) is 0.1000. The maximum atomic E-state index is 13.4. The average Bonchev–Trinajstić information content (AvgIpc) is 3.75. The number of hydrogen-bond donors (Lipinski definition) is 8. The maximum absolute atomic E-state index is 13.4. The molecule has 8 bridgehead atoms. The van der Waals surface area contributed by atoms with E-state index in [1.165, 1.54) is 0 Å². The molecule has 0 radical (unpaired) electrons. The molecule has 1 fully saturated rings. The molecule has 9 atom stereocenters. The minimum atomic E-state index is -1.36. The van der Waals surface area contributed by atoms with E-state index >= 15 is 0 Å². The normalized spacial score (nSPS) is 33.0. The van der Waals surface area contributed by atoms with Gasteiger partial charge in [-0.05, 0) is 63.7 Å². The molecule has 0 aromatic heterocycles. The molecule has 0 aromatic carbocycles. The van der Waals surface area contributed by atoms with Crippen LogP contribution in [0.2, 0.25) is 0 Å². The van der Waals surface area contributed by atoms with E-state index in [1.807, 2.05) is 61.5 Å². The van der Waals surface area contributed by atoms with Crippen LogP contribution in [0.5, 0.6) is 0 Å². The third kappa shape index (κ3) is 8.56. The summed E-state index contributed by atoms with van der Waals surface area (Å²) >= 11 is 0. The highest BCUT2D eigenvalue weighted by molar-refractivity contribution is 6.10. The van der Waals surface area contributed by atoms with Crippen molar-refractivity contribution in [1.29, 1.82) is 0 Å². The highest BCUT2D eigenvalue weighted by Crippen LogP contribution is 2.62. The van der Waals surface area contributed by atoms with Crippen LogP contribution < -0.4 is 45.5 Å². The fourth-order valence-electron chi connectivity index (χ4n) is 11.9. The van der Waals surface area contributed by atoms with Crippen molar-refractivity contribution in [2.45, 2.75) is 138 Å². The maximum Gasteiger partial charge on any atom is 0.218 e. The van der Waals surface area contributed by atoms with Crippen LogP contribution in [0.1, 0.15) is 126 Å². The summed E-state index contributed by atoms with van der Waals surface area (Å²) < 4.78 is 0. The van der Waals surface area contributed by atoms with Crippen molar-refractivity contribution in [3.63, 3.8) is 0 Å². The van der Waals surface area contributed by atoms with Gasteiger partial charge in [0, 0.05) is 125 Å². The number of nitrogens with one attached hydrogen (secondary N) is 1. The summed E-state index contributed by atoms with van der Waals surface area (Å²) in [6, 6.07) is -0.887. The highest BCUT2D eigenvalue weighted by atomic mass is 16.2. The fraction of sp³-hybridized carbons (Fsp3) is 0.644. The van der Waals surface area contributed by atoms with Crippen molar-refractivity contribution in [2.24, 2.45) is 100 Å². The Balaban J connectivity index is 2.03. The molecule has 344 valence electrons. The second kappa shape index (κ2) is 17.1. The van der Waals surface area contributed by atoms with Crippen molar-refractivity contribution in [3.05, 3.63) is 34.3 Å². The monoisotopic (exact) mass is 874 g/mol. The summed E-state index contributed by atoms with van der Waals surface area (Å²) in [5.74, 6) is -6.36. The zero-order chi connectivity index (χ0) is 47.4. The van der Waals surface area contributed by atoms with E-state index in [4.69, 9.17) is 55.1 Å². The summed E-state index contributed by atoms with van der Waals surface area (Å²) in [7, 11) is 0. The molecule has 63 heavy (non-hydrogen) atoms. The van der Waals surface area contributed by atoms with Gasteiger partial charge in [-0.3, -0.25) is 48.5 Å². The van der Waals surface area contributed by atoms with Gasteiger partial charge < -0.3 is 45.5 Å². The standard InChI is InChI=1S/C45H67N11O7/c1-21-36-24(10-13-30(47)58)41(3,4)28(54-36)18-27-23(9-12-29(46)57)43(6,19-34(51)62)39(53-27)22(2)37-25(11-14-31(48)59)44(7,20-35(52)63)45(8,56-37)40-26(17-33(50)61)42(5,38(21)55-40)16-15-32(49)60/h18,23-26,40,53H,9-17,19-20H2,1-8H3,(H2,46,57)(H2,47,58)(H2,48,59)(H2,49,60)(H2,50,61)(H2,51,62)(H2,52,63)/t23-,24-,25-,26+,40?,42-,43+,44+,45+/m1/s1. The van der Waals surface area contributed by atoms with Crippen LogP contribution >= 0.6 is 0 Å². The van der Waals surface area contributed by atoms with E-state index in [0.29, 0.717) is 51.8 Å². The number of carbonyl (C=O) groups excluding carboxylic acids is 7. The summed E-state index contributed by atoms with van der Waals surface area (Å²) in [5.41, 5.74) is 40.7. The lowest BCUT2D eigenvalue weighted by molar-refractivity contribution is -0.124. The molecule has 0 aliphatic carbocycles. The molecule has 1 saturated heterocycles. The number of carbonyl (C=O) groups is 7. The van der Waals surface area contributed by atoms with Gasteiger partial charge in [0.15, 0.2) is 0 Å². The van der Waals surface area contributed by atoms with Crippen molar-refractivity contribution in [3.8, 4) is 0 Å². The van der Waals surface area contributed by atoms with Crippen LogP contribution in [-0.2, 0) is 33.6 Å². The summed E-state index contributed by atoms with van der Waals surface area (Å²) in [6.07, 6.45) is 2.10. The molecule has 1 unspecified atom stereocenters. The van der Waals surface area contributed by atoms with Crippen LogP contribution in [0.15, 0.2) is 49.3 Å². The second-order valence-corrected chi connectivity index (χ2v) is 20.0. The van der Waals surface area contributed by atoms with Gasteiger partial charge in [0.2, 0.25) is 41.4 Å². The van der Waals surface area contributed by atoms with Crippen LogP contribution in [0.25, 0.3) is 0 Å². The lowest BCUT2D eigenvalue weighted by Crippen LogP contribution is -2.56. The predicted octanol–water partition coefficient (Wildman–Crippen LogP) is 1.72. The Morgan fingerprint density at radius 1 is 0.635 bits per heavy atom. The summed E-state index contributed by atoms with van der Waals surface area (Å²) in [6.45, 7) is 15.3. The van der Waals surface area contributed by atoms with Crippen LogP contribution in [0.4, 0.5) is 0 Å². The van der Waals surface area contributed by atoms with Gasteiger partial charge in [0.1, 0.15) is 0 Å². The zero-order valence-electron chi connectivity index (χ0n) is 38.0. The van der Waals surface area contributed by atoms with E-state index in [9.17, 15) is 33.6 Å². The molecule has 15 N–H and O–H groups in total. The topological polar surface area (TPSA) is 351 Å². The molecule has 0 aromatic rings. The molecule has 0 saturated carbocycles. The first-order valence-corrected chi connectivity index (χ1v) is 21.7. The molecule has 18 heteroatoms. The molecule has 7 amide bonds. The van der Waals surface area contributed by atoms with Crippen LogP contribution in [-0.4, -0.2) is 70.1 Å². The SMILES string of the molecule is CC1=C2N=C(C=C3NC(=C(C)C4=N[C@@](C)(C5N=C1[C@](C)(CCC(N)=O)[C@H]5CC(N)=O)[C@@](C)(CC(N)=O)[C@@H]4CCC(N)=O)[C@@](C)(CC(N)=O)[C@@H]3CCC(N)=O)C(C)(C)[C@@H]2CCC(N)=O. The number of nitrogens with zero attached hydrogens (tertiary/aromatic N) is 3. The first-order valence-electron chi connectivity index (χ1n) is 21.7. The van der Waals surface area contributed by atoms with Gasteiger partial charge in [0.25, 0.3) is 0 Å². The van der Waals surface area contributed by atoms with Gasteiger partial charge in [-0.1, -0.05) is 34.6 Å². The van der Waals surface area contributed by atoms with E-state index in [0.717, 1.165) is 0 Å². The van der Waals surface area contributed by atoms with Crippen molar-refractivity contribution in [2.75, 3.05) is 0 Å². The molecule has 18 nitrogen and oxygen atoms in total. The second-order valence-electron chi connectivity index (χ2n) is 20.0. The minimum Gasteiger partial charge on any atom is -0.370 e. The smallest absolute Gasteiger partial charge is 0.218 e. The van der Waals surface area contributed by atoms with Crippen molar-refractivity contribution >= 4 is 58.5 Å². The number of fused-ring (bicyclic) bond motifs is 6. The molecular weight excluding hydrogens is 807 g/mol. The van der Waals surface area contributed by atoms with E-state index in [2.05, 4.69) is 5.32 Å². The van der Waals surface area contributed by atoms with Crippen molar-refractivity contribution in [1.82, 2.24) is 5.32 Å². The molecule has 5 aliphatic heterocycles. The van der Waals surface area contributed by atoms with E-state index in [1.54, 1.807) is 0 Å². The Kier molecular flexibility index (Phi) is 13.1. The Morgan fingerprint density at radius 3 is 1.67 bits per heavy atom. The van der Waals surface area contributed by atoms with E-state index in [-0.39, 0.29) is 64.2 Å². The third-order valence-electron chi connectivity index (χ3n) is 15.5. The van der Waals surface area contributed by atoms with Gasteiger partial charge in [-0.15, -0.1) is 0 Å². The Labute approximate surface area is 368 Å². The average molecular weight is 874 g/mol. The minimum absolute atomic E-state index is 0.0185. The largest absolute Gasteiger partial charge is 0.370 e. The number of allylic oxidation sites excluding steroid dienone is 6. The van der Waals surface area contributed by atoms with Gasteiger partial charge >= 0.3 is 0 Å². The number of rotatable bonds is 18.